The maximum atomic E-state index is 14.7. The predicted octanol–water partition coefficient (Wildman–Crippen LogP) is 3.35. The fourth-order valence-electron chi connectivity index (χ4n) is 3.58. The third-order valence-electron chi connectivity index (χ3n) is 5.43. The molecule has 30 heavy (non-hydrogen) atoms. The molecule has 1 aliphatic rings. The summed E-state index contributed by atoms with van der Waals surface area (Å²) in [6.45, 7) is 5.83. The highest BCUT2D eigenvalue weighted by Crippen LogP contribution is 2.29. The molecule has 1 aliphatic heterocycles. The minimum absolute atomic E-state index is 0.125. The van der Waals surface area contributed by atoms with Crippen molar-refractivity contribution in [1.29, 1.82) is 0 Å². The number of nitrogens with one attached hydrogen (secondary N) is 1. The lowest BCUT2D eigenvalue weighted by atomic mass is 9.95. The van der Waals surface area contributed by atoms with Gasteiger partial charge in [0.1, 0.15) is 17.3 Å². The van der Waals surface area contributed by atoms with Crippen LogP contribution in [-0.2, 0) is 6.54 Å². The molecule has 1 saturated heterocycles. The van der Waals surface area contributed by atoms with Gasteiger partial charge in [0.15, 0.2) is 5.96 Å². The van der Waals surface area contributed by atoms with Crippen LogP contribution >= 0.6 is 0 Å². The fourth-order valence-corrected chi connectivity index (χ4v) is 3.58. The van der Waals surface area contributed by atoms with Crippen LogP contribution < -0.4 is 11.1 Å². The summed E-state index contributed by atoms with van der Waals surface area (Å²) in [6.07, 6.45) is 0. The number of nitrogens with two attached hydrogens (primary N) is 1. The number of aromatic nitrogens is 1. The van der Waals surface area contributed by atoms with Gasteiger partial charge in [-0.3, -0.25) is 0 Å². The van der Waals surface area contributed by atoms with Crippen LogP contribution in [0.1, 0.15) is 29.9 Å². The Morgan fingerprint density at radius 2 is 1.97 bits per heavy atom. The number of hydrogen-bond acceptors (Lipinski definition) is 4. The molecule has 6 nitrogen and oxygen atoms in total. The van der Waals surface area contributed by atoms with Crippen LogP contribution in [0.15, 0.2) is 64.1 Å². The number of guanidine groups is 1. The number of hydrogen-bond donors (Lipinski definition) is 2. The third kappa shape index (κ3) is 4.52. The molecule has 0 amide bonds. The smallest absolute Gasteiger partial charge is 0.191 e. The highest BCUT2D eigenvalue weighted by molar-refractivity contribution is 5.78. The zero-order valence-electron chi connectivity index (χ0n) is 17.0. The Bertz CT molecular complexity index is 1010. The van der Waals surface area contributed by atoms with E-state index in [1.807, 2.05) is 55.5 Å². The average Bonchev–Trinajstić information content (AvgIpc) is 3.27. The van der Waals surface area contributed by atoms with E-state index in [1.54, 1.807) is 6.07 Å². The van der Waals surface area contributed by atoms with Gasteiger partial charge in [-0.15, -0.1) is 0 Å². The zero-order valence-corrected chi connectivity index (χ0v) is 17.0. The molecule has 0 bridgehead atoms. The largest absolute Gasteiger partial charge is 0.370 e. The van der Waals surface area contributed by atoms with Crippen molar-refractivity contribution < 1.29 is 8.91 Å². The van der Waals surface area contributed by atoms with Crippen molar-refractivity contribution in [1.82, 2.24) is 15.4 Å². The zero-order chi connectivity index (χ0) is 20.9. The Morgan fingerprint density at radius 1 is 1.20 bits per heavy atom. The summed E-state index contributed by atoms with van der Waals surface area (Å²) in [7, 11) is 0. The molecule has 1 atom stereocenters. The first-order chi connectivity index (χ1) is 14.6. The molecular formula is C23H26FN5O. The number of halogens is 1. The molecule has 2 heterocycles. The molecule has 0 saturated carbocycles. The van der Waals surface area contributed by atoms with Crippen LogP contribution in [0.3, 0.4) is 0 Å². The van der Waals surface area contributed by atoms with E-state index in [1.165, 1.54) is 0 Å². The molecule has 3 N–H and O–H groups in total. The monoisotopic (exact) mass is 407 g/mol. The molecular weight excluding hydrogens is 381 g/mol. The van der Waals surface area contributed by atoms with Gasteiger partial charge in [-0.2, -0.15) is 0 Å². The Morgan fingerprint density at radius 3 is 2.70 bits per heavy atom. The lowest BCUT2D eigenvalue weighted by Gasteiger charge is -2.28. The van der Waals surface area contributed by atoms with E-state index in [0.717, 1.165) is 37.3 Å². The summed E-state index contributed by atoms with van der Waals surface area (Å²) >= 11 is 0. The first-order valence-corrected chi connectivity index (χ1v) is 10.2. The van der Waals surface area contributed by atoms with Gasteiger partial charge in [0.05, 0.1) is 6.54 Å². The van der Waals surface area contributed by atoms with Crippen LogP contribution in [-0.4, -0.2) is 42.2 Å². The molecule has 0 spiro atoms. The van der Waals surface area contributed by atoms with Crippen LogP contribution in [0.4, 0.5) is 4.39 Å². The van der Waals surface area contributed by atoms with E-state index >= 15 is 0 Å². The first kappa shape index (κ1) is 20.1. The van der Waals surface area contributed by atoms with E-state index in [-0.39, 0.29) is 11.7 Å². The minimum atomic E-state index is -0.251. The van der Waals surface area contributed by atoms with Crippen LogP contribution in [0.25, 0.3) is 11.1 Å². The standard InChI is InChI=1S/C23H26FN5O/c1-16(18-7-8-20(21(24)13-18)17-5-3-2-4-6-17)22-14-19(28-30-22)15-27-23(25)29-11-9-26-10-12-29/h2-8,13-14,16,26H,9-12,15H2,1H3,(H2,25,27). The molecule has 156 valence electrons. The van der Waals surface area contributed by atoms with Gasteiger partial charge in [-0.1, -0.05) is 54.5 Å². The summed E-state index contributed by atoms with van der Waals surface area (Å²) in [5.41, 5.74) is 9.06. The Balaban J connectivity index is 1.45. The highest BCUT2D eigenvalue weighted by atomic mass is 19.1. The average molecular weight is 407 g/mol. The van der Waals surface area contributed by atoms with Crippen molar-refractivity contribution in [3.05, 3.63) is 77.4 Å². The molecule has 7 heteroatoms. The third-order valence-corrected chi connectivity index (χ3v) is 5.43. The lowest BCUT2D eigenvalue weighted by Crippen LogP contribution is -2.49. The summed E-state index contributed by atoms with van der Waals surface area (Å²) in [5.74, 6) is 0.819. The first-order valence-electron chi connectivity index (χ1n) is 10.2. The summed E-state index contributed by atoms with van der Waals surface area (Å²) in [4.78, 5) is 6.49. The van der Waals surface area contributed by atoms with Crippen molar-refractivity contribution in [3.63, 3.8) is 0 Å². The Labute approximate surface area is 175 Å². The van der Waals surface area contributed by atoms with Crippen molar-refractivity contribution in [3.8, 4) is 11.1 Å². The number of piperazine rings is 1. The van der Waals surface area contributed by atoms with Crippen molar-refractivity contribution in [2.45, 2.75) is 19.4 Å². The minimum Gasteiger partial charge on any atom is -0.370 e. The van der Waals surface area contributed by atoms with Gasteiger partial charge >= 0.3 is 0 Å². The van der Waals surface area contributed by atoms with Crippen molar-refractivity contribution in [2.24, 2.45) is 10.7 Å². The fraction of sp³-hybridized carbons (Fsp3) is 0.304. The predicted molar refractivity (Wildman–Crippen MR) is 116 cm³/mol. The highest BCUT2D eigenvalue weighted by Gasteiger charge is 2.17. The van der Waals surface area contributed by atoms with Gasteiger partial charge in [0.2, 0.25) is 0 Å². The topological polar surface area (TPSA) is 79.7 Å². The van der Waals surface area contributed by atoms with Crippen LogP contribution in [0, 0.1) is 5.82 Å². The number of aliphatic imine (C=N–C) groups is 1. The van der Waals surface area contributed by atoms with E-state index in [9.17, 15) is 4.39 Å². The van der Waals surface area contributed by atoms with Crippen molar-refractivity contribution in [2.75, 3.05) is 26.2 Å². The normalized spacial score (nSPS) is 15.9. The number of rotatable bonds is 5. The second-order valence-corrected chi connectivity index (χ2v) is 7.46. The molecule has 4 rings (SSSR count). The maximum Gasteiger partial charge on any atom is 0.191 e. The van der Waals surface area contributed by atoms with Gasteiger partial charge in [-0.25, -0.2) is 9.38 Å². The van der Waals surface area contributed by atoms with Gasteiger partial charge in [0.25, 0.3) is 0 Å². The molecule has 0 aliphatic carbocycles. The molecule has 1 unspecified atom stereocenters. The quantitative estimate of drug-likeness (QED) is 0.501. The van der Waals surface area contributed by atoms with E-state index in [0.29, 0.717) is 29.5 Å². The van der Waals surface area contributed by atoms with Crippen LogP contribution in [0.5, 0.6) is 0 Å². The molecule has 0 radical (unpaired) electrons. The van der Waals surface area contributed by atoms with Gasteiger partial charge in [0, 0.05) is 43.7 Å². The number of nitrogens with zero attached hydrogens (tertiary/aromatic N) is 3. The Kier molecular flexibility index (Phi) is 6.09. The van der Waals surface area contributed by atoms with Gasteiger partial charge in [-0.05, 0) is 17.2 Å². The van der Waals surface area contributed by atoms with Crippen LogP contribution in [0.2, 0.25) is 0 Å². The van der Waals surface area contributed by atoms with E-state index < -0.39 is 0 Å². The lowest BCUT2D eigenvalue weighted by molar-refractivity contribution is 0.352. The van der Waals surface area contributed by atoms with Gasteiger partial charge < -0.3 is 20.5 Å². The second-order valence-electron chi connectivity index (χ2n) is 7.46. The number of benzene rings is 2. The molecule has 3 aromatic rings. The maximum absolute atomic E-state index is 14.7. The summed E-state index contributed by atoms with van der Waals surface area (Å²) < 4.78 is 20.2. The van der Waals surface area contributed by atoms with E-state index in [4.69, 9.17) is 10.3 Å². The molecule has 1 aromatic heterocycles. The van der Waals surface area contributed by atoms with E-state index in [2.05, 4.69) is 20.4 Å². The SMILES string of the molecule is CC(c1ccc(-c2ccccc2)c(F)c1)c1cc(CN=C(N)N2CCNCC2)no1. The Hall–Kier alpha value is -3.19. The summed E-state index contributed by atoms with van der Waals surface area (Å²) in [5, 5.41) is 7.39. The summed E-state index contributed by atoms with van der Waals surface area (Å²) in [6, 6.07) is 16.7. The molecule has 2 aromatic carbocycles. The second kappa shape index (κ2) is 9.09. The molecule has 1 fully saturated rings. The van der Waals surface area contributed by atoms with Crippen molar-refractivity contribution >= 4 is 5.96 Å².